The number of furan rings is 1. The summed E-state index contributed by atoms with van der Waals surface area (Å²) < 4.78 is 5.43. The third kappa shape index (κ3) is 3.61. The van der Waals surface area contributed by atoms with Gasteiger partial charge in [0.05, 0.1) is 6.54 Å². The van der Waals surface area contributed by atoms with Crippen molar-refractivity contribution in [3.63, 3.8) is 0 Å². The van der Waals surface area contributed by atoms with Gasteiger partial charge in [0.1, 0.15) is 17.1 Å². The van der Waals surface area contributed by atoms with Gasteiger partial charge in [0.15, 0.2) is 0 Å². The van der Waals surface area contributed by atoms with Gasteiger partial charge in [-0.05, 0) is 44.2 Å². The van der Waals surface area contributed by atoms with Gasteiger partial charge < -0.3 is 19.9 Å². The lowest BCUT2D eigenvalue weighted by Gasteiger charge is -2.30. The molecule has 2 rings (SSSR count). The molecule has 1 saturated carbocycles. The Hall–Kier alpha value is -1.33. The van der Waals surface area contributed by atoms with Crippen LogP contribution < -0.4 is 5.32 Å². The van der Waals surface area contributed by atoms with E-state index in [2.05, 4.69) is 5.32 Å². The second-order valence-electron chi connectivity index (χ2n) is 5.61. The first-order valence-electron chi connectivity index (χ1n) is 7.26. The molecule has 0 spiro atoms. The Morgan fingerprint density at radius 3 is 2.70 bits per heavy atom. The maximum absolute atomic E-state index is 10.9. The van der Waals surface area contributed by atoms with Crippen LogP contribution in [0.4, 0.5) is 0 Å². The van der Waals surface area contributed by atoms with Gasteiger partial charge in [0.2, 0.25) is 0 Å². The van der Waals surface area contributed by atoms with E-state index in [-0.39, 0.29) is 12.2 Å². The number of aromatic carboxylic acids is 1. The van der Waals surface area contributed by atoms with Gasteiger partial charge in [-0.2, -0.15) is 0 Å². The lowest BCUT2D eigenvalue weighted by molar-refractivity contribution is 0.0695. The minimum atomic E-state index is -0.954. The second-order valence-corrected chi connectivity index (χ2v) is 5.61. The monoisotopic (exact) mass is 281 g/mol. The van der Waals surface area contributed by atoms with Crippen molar-refractivity contribution in [2.75, 3.05) is 13.2 Å². The normalized spacial score (nSPS) is 22.9. The maximum atomic E-state index is 10.9. The van der Waals surface area contributed by atoms with Crippen molar-refractivity contribution in [2.45, 2.75) is 39.2 Å². The van der Waals surface area contributed by atoms with Gasteiger partial charge in [-0.1, -0.05) is 12.8 Å². The predicted octanol–water partition coefficient (Wildman–Crippen LogP) is 2.17. The summed E-state index contributed by atoms with van der Waals surface area (Å²) in [4.78, 5) is 10.9. The highest BCUT2D eigenvalue weighted by atomic mass is 16.4. The molecule has 0 aromatic carbocycles. The van der Waals surface area contributed by atoms with E-state index < -0.39 is 5.97 Å². The van der Waals surface area contributed by atoms with Crippen LogP contribution in [-0.2, 0) is 6.54 Å². The Balaban J connectivity index is 1.83. The van der Waals surface area contributed by atoms with Gasteiger partial charge in [-0.15, -0.1) is 0 Å². The van der Waals surface area contributed by atoms with Crippen molar-refractivity contribution in [1.29, 1.82) is 0 Å². The standard InChI is InChI=1S/C15H23NO4/c1-10-14(15(18)19)6-13(20-10)8-16-7-11-4-2-3-5-12(11)9-17/h6,11-12,16-17H,2-5,7-9H2,1H3,(H,18,19). The van der Waals surface area contributed by atoms with Crippen LogP contribution in [0.2, 0.25) is 0 Å². The Kier molecular flexibility index (Phi) is 5.20. The summed E-state index contributed by atoms with van der Waals surface area (Å²) in [7, 11) is 0. The summed E-state index contributed by atoms with van der Waals surface area (Å²) in [6.07, 6.45) is 4.69. The molecule has 0 radical (unpaired) electrons. The topological polar surface area (TPSA) is 82.7 Å². The molecule has 5 nitrogen and oxygen atoms in total. The van der Waals surface area contributed by atoms with Crippen molar-refractivity contribution in [2.24, 2.45) is 11.8 Å². The first kappa shape index (κ1) is 15.1. The van der Waals surface area contributed by atoms with Gasteiger partial charge in [0, 0.05) is 6.61 Å². The smallest absolute Gasteiger partial charge is 0.339 e. The number of hydrogen-bond acceptors (Lipinski definition) is 4. The zero-order valence-corrected chi connectivity index (χ0v) is 11.9. The zero-order valence-electron chi connectivity index (χ0n) is 11.9. The van der Waals surface area contributed by atoms with Crippen molar-refractivity contribution < 1.29 is 19.4 Å². The lowest BCUT2D eigenvalue weighted by atomic mass is 9.79. The maximum Gasteiger partial charge on any atom is 0.339 e. The third-order valence-electron chi connectivity index (χ3n) is 4.21. The SMILES string of the molecule is Cc1oc(CNCC2CCCCC2CO)cc1C(=O)O. The van der Waals surface area contributed by atoms with E-state index in [1.807, 2.05) is 0 Å². The Labute approximate surface area is 119 Å². The molecule has 1 aromatic rings. The quantitative estimate of drug-likeness (QED) is 0.744. The van der Waals surface area contributed by atoms with Gasteiger partial charge >= 0.3 is 5.97 Å². The molecule has 1 aromatic heterocycles. The van der Waals surface area contributed by atoms with Gasteiger partial charge in [-0.3, -0.25) is 0 Å². The molecule has 0 saturated heterocycles. The number of carboxylic acids is 1. The lowest BCUT2D eigenvalue weighted by Crippen LogP contribution is -2.32. The number of nitrogens with one attached hydrogen (secondary N) is 1. The largest absolute Gasteiger partial charge is 0.478 e. The highest BCUT2D eigenvalue weighted by molar-refractivity contribution is 5.88. The predicted molar refractivity (Wildman–Crippen MR) is 74.6 cm³/mol. The van der Waals surface area contributed by atoms with Crippen LogP contribution in [0.3, 0.4) is 0 Å². The van der Waals surface area contributed by atoms with Gasteiger partial charge in [-0.25, -0.2) is 4.79 Å². The summed E-state index contributed by atoms with van der Waals surface area (Å²) in [5.41, 5.74) is 0.229. The average Bonchev–Trinajstić information content (AvgIpc) is 2.80. The van der Waals surface area contributed by atoms with E-state index in [1.54, 1.807) is 13.0 Å². The summed E-state index contributed by atoms with van der Waals surface area (Å²) in [6.45, 7) is 3.29. The fourth-order valence-corrected chi connectivity index (χ4v) is 3.02. The summed E-state index contributed by atoms with van der Waals surface area (Å²) in [6, 6.07) is 1.58. The molecule has 0 aliphatic heterocycles. The molecule has 2 unspecified atom stereocenters. The Bertz CT molecular complexity index is 455. The molecule has 1 aliphatic carbocycles. The minimum absolute atomic E-state index is 0.229. The Morgan fingerprint density at radius 1 is 1.40 bits per heavy atom. The highest BCUT2D eigenvalue weighted by Crippen LogP contribution is 2.29. The number of aryl methyl sites for hydroxylation is 1. The summed E-state index contributed by atoms with van der Waals surface area (Å²) in [5, 5.41) is 21.7. The summed E-state index contributed by atoms with van der Waals surface area (Å²) in [5.74, 6) is 1.04. The van der Waals surface area contributed by atoms with E-state index >= 15 is 0 Å². The average molecular weight is 281 g/mol. The molecule has 20 heavy (non-hydrogen) atoms. The van der Waals surface area contributed by atoms with Crippen LogP contribution in [0.15, 0.2) is 10.5 Å². The number of carbonyl (C=O) groups is 1. The van der Waals surface area contributed by atoms with Crippen LogP contribution in [0.1, 0.15) is 47.6 Å². The fourth-order valence-electron chi connectivity index (χ4n) is 3.02. The molecule has 1 fully saturated rings. The molecule has 1 aliphatic rings. The number of aliphatic hydroxyl groups excluding tert-OH is 1. The zero-order chi connectivity index (χ0) is 14.5. The number of rotatable bonds is 6. The van der Waals surface area contributed by atoms with Crippen LogP contribution in [0, 0.1) is 18.8 Å². The molecular formula is C15H23NO4. The Morgan fingerprint density at radius 2 is 2.10 bits per heavy atom. The van der Waals surface area contributed by atoms with Crippen molar-refractivity contribution in [3.05, 3.63) is 23.2 Å². The van der Waals surface area contributed by atoms with E-state index in [1.165, 1.54) is 12.8 Å². The van der Waals surface area contributed by atoms with E-state index in [9.17, 15) is 9.90 Å². The molecule has 112 valence electrons. The molecule has 0 amide bonds. The van der Waals surface area contributed by atoms with Gasteiger partial charge in [0.25, 0.3) is 0 Å². The molecule has 3 N–H and O–H groups in total. The molecule has 1 heterocycles. The first-order chi connectivity index (χ1) is 9.61. The van der Waals surface area contributed by atoms with Crippen molar-refractivity contribution >= 4 is 5.97 Å². The van der Waals surface area contributed by atoms with E-state index in [0.717, 1.165) is 19.4 Å². The molecular weight excluding hydrogens is 258 g/mol. The number of aliphatic hydroxyl groups is 1. The van der Waals surface area contributed by atoms with Crippen LogP contribution in [0.25, 0.3) is 0 Å². The van der Waals surface area contributed by atoms with Crippen molar-refractivity contribution in [3.8, 4) is 0 Å². The van der Waals surface area contributed by atoms with Crippen LogP contribution >= 0.6 is 0 Å². The van der Waals surface area contributed by atoms with E-state index in [0.29, 0.717) is 29.9 Å². The highest BCUT2D eigenvalue weighted by Gasteiger charge is 2.24. The molecule has 0 bridgehead atoms. The first-order valence-corrected chi connectivity index (χ1v) is 7.26. The van der Waals surface area contributed by atoms with E-state index in [4.69, 9.17) is 9.52 Å². The molecule has 5 heteroatoms. The summed E-state index contributed by atoms with van der Waals surface area (Å²) >= 11 is 0. The van der Waals surface area contributed by atoms with Crippen molar-refractivity contribution in [1.82, 2.24) is 5.32 Å². The third-order valence-corrected chi connectivity index (χ3v) is 4.21. The van der Waals surface area contributed by atoms with Crippen LogP contribution in [0.5, 0.6) is 0 Å². The second kappa shape index (κ2) is 6.90. The van der Waals surface area contributed by atoms with Crippen LogP contribution in [-0.4, -0.2) is 29.3 Å². The number of carboxylic acid groups (broad SMARTS) is 1. The molecule has 2 atom stereocenters. The minimum Gasteiger partial charge on any atom is -0.478 e. The fraction of sp³-hybridized carbons (Fsp3) is 0.667. The number of hydrogen-bond donors (Lipinski definition) is 3.